The van der Waals surface area contributed by atoms with Gasteiger partial charge in [0.15, 0.2) is 0 Å². The van der Waals surface area contributed by atoms with Gasteiger partial charge in [-0.2, -0.15) is 0 Å². The van der Waals surface area contributed by atoms with E-state index in [4.69, 9.17) is 5.73 Å². The maximum atomic E-state index is 11.8. The molecule has 1 aliphatic heterocycles. The zero-order valence-corrected chi connectivity index (χ0v) is 10.3. The molecule has 1 amide bonds. The van der Waals surface area contributed by atoms with Gasteiger partial charge in [-0.1, -0.05) is 38.5 Å². The first-order chi connectivity index (χ1) is 7.19. The van der Waals surface area contributed by atoms with Crippen molar-refractivity contribution in [1.82, 2.24) is 4.90 Å². The van der Waals surface area contributed by atoms with Crippen LogP contribution in [0.2, 0.25) is 0 Å². The predicted molar refractivity (Wildman–Crippen MR) is 64.9 cm³/mol. The van der Waals surface area contributed by atoms with Crippen LogP contribution < -0.4 is 5.73 Å². The second kappa shape index (κ2) is 6.18. The smallest absolute Gasteiger partial charge is 0.228 e. The van der Waals surface area contributed by atoms with Crippen LogP contribution in [0.1, 0.15) is 46.0 Å². The number of hydrogen-bond donors (Lipinski definition) is 1. The lowest BCUT2D eigenvalue weighted by Gasteiger charge is -2.18. The van der Waals surface area contributed by atoms with Gasteiger partial charge in [-0.05, 0) is 12.8 Å². The summed E-state index contributed by atoms with van der Waals surface area (Å²) in [6.45, 7) is 4.22. The van der Waals surface area contributed by atoms with Crippen molar-refractivity contribution in [2.24, 2.45) is 5.73 Å². The third kappa shape index (κ3) is 3.54. The van der Waals surface area contributed by atoms with Crippen molar-refractivity contribution in [3.05, 3.63) is 11.1 Å². The van der Waals surface area contributed by atoms with Gasteiger partial charge in [0.1, 0.15) is 5.50 Å². The van der Waals surface area contributed by atoms with Gasteiger partial charge in [0, 0.05) is 17.5 Å². The lowest BCUT2D eigenvalue weighted by Crippen LogP contribution is -2.37. The summed E-state index contributed by atoms with van der Waals surface area (Å²) in [7, 11) is 0. The van der Waals surface area contributed by atoms with Crippen LogP contribution in [-0.4, -0.2) is 16.3 Å². The Morgan fingerprint density at radius 1 is 1.53 bits per heavy atom. The third-order valence-corrected chi connectivity index (χ3v) is 3.44. The summed E-state index contributed by atoms with van der Waals surface area (Å²) < 4.78 is 0. The standard InChI is InChI=1S/C11H20N2OS/c1-3-5-7-10(14)13-8-9(6-4-2)15-11(13)12/h8,11H,3-7,12H2,1-2H3. The lowest BCUT2D eigenvalue weighted by atomic mass is 10.2. The molecule has 1 heterocycles. The first-order valence-electron chi connectivity index (χ1n) is 5.63. The molecule has 0 radical (unpaired) electrons. The molecule has 0 fully saturated rings. The summed E-state index contributed by atoms with van der Waals surface area (Å²) in [5.74, 6) is 0.156. The van der Waals surface area contributed by atoms with Crippen LogP contribution in [0, 0.1) is 0 Å². The first-order valence-corrected chi connectivity index (χ1v) is 6.51. The van der Waals surface area contributed by atoms with Crippen molar-refractivity contribution >= 4 is 17.7 Å². The molecular formula is C11H20N2OS. The Bertz CT molecular complexity index is 253. The molecule has 1 unspecified atom stereocenters. The van der Waals surface area contributed by atoms with Gasteiger partial charge in [-0.15, -0.1) is 0 Å². The molecule has 0 aromatic carbocycles. The molecule has 0 aliphatic carbocycles. The van der Waals surface area contributed by atoms with Crippen LogP contribution in [0.5, 0.6) is 0 Å². The second-order valence-electron chi connectivity index (χ2n) is 3.76. The normalized spacial score (nSPS) is 20.6. The minimum atomic E-state index is -0.198. The number of nitrogens with zero attached hydrogens (tertiary/aromatic N) is 1. The molecule has 1 aliphatic rings. The van der Waals surface area contributed by atoms with Crippen LogP contribution in [0.25, 0.3) is 0 Å². The molecule has 15 heavy (non-hydrogen) atoms. The van der Waals surface area contributed by atoms with E-state index in [1.807, 2.05) is 6.20 Å². The van der Waals surface area contributed by atoms with E-state index in [2.05, 4.69) is 13.8 Å². The van der Waals surface area contributed by atoms with Crippen molar-refractivity contribution in [1.29, 1.82) is 0 Å². The number of allylic oxidation sites excluding steroid dienone is 1. The Hall–Kier alpha value is -0.480. The van der Waals surface area contributed by atoms with Gasteiger partial charge in [0.25, 0.3) is 0 Å². The molecular weight excluding hydrogens is 208 g/mol. The van der Waals surface area contributed by atoms with E-state index in [0.29, 0.717) is 6.42 Å². The van der Waals surface area contributed by atoms with Gasteiger partial charge in [0.05, 0.1) is 0 Å². The number of carbonyl (C=O) groups is 1. The van der Waals surface area contributed by atoms with Crippen LogP contribution in [0.15, 0.2) is 11.1 Å². The quantitative estimate of drug-likeness (QED) is 0.787. The van der Waals surface area contributed by atoms with Crippen LogP contribution >= 0.6 is 11.8 Å². The van der Waals surface area contributed by atoms with Crippen molar-refractivity contribution in [3.8, 4) is 0 Å². The zero-order valence-electron chi connectivity index (χ0n) is 9.53. The highest BCUT2D eigenvalue weighted by Crippen LogP contribution is 2.33. The summed E-state index contributed by atoms with van der Waals surface area (Å²) in [6, 6.07) is 0. The molecule has 2 N–H and O–H groups in total. The average molecular weight is 228 g/mol. The Balaban J connectivity index is 2.50. The summed E-state index contributed by atoms with van der Waals surface area (Å²) in [6.07, 6.45) is 6.66. The van der Waals surface area contributed by atoms with Crippen molar-refractivity contribution in [2.75, 3.05) is 0 Å². The fourth-order valence-corrected chi connectivity index (χ4v) is 2.61. The number of nitrogens with two attached hydrogens (primary N) is 1. The van der Waals surface area contributed by atoms with Crippen molar-refractivity contribution in [2.45, 2.75) is 51.4 Å². The summed E-state index contributed by atoms with van der Waals surface area (Å²) in [5, 5.41) is 0. The highest BCUT2D eigenvalue weighted by atomic mass is 32.2. The van der Waals surface area contributed by atoms with E-state index in [9.17, 15) is 4.79 Å². The summed E-state index contributed by atoms with van der Waals surface area (Å²) in [5.41, 5.74) is 5.69. The first kappa shape index (κ1) is 12.6. The van der Waals surface area contributed by atoms with Gasteiger partial charge < -0.3 is 5.73 Å². The van der Waals surface area contributed by atoms with E-state index in [0.717, 1.165) is 25.7 Å². The Morgan fingerprint density at radius 2 is 2.27 bits per heavy atom. The van der Waals surface area contributed by atoms with Gasteiger partial charge in [-0.3, -0.25) is 9.69 Å². The van der Waals surface area contributed by atoms with Crippen LogP contribution in [0.3, 0.4) is 0 Å². The van der Waals surface area contributed by atoms with E-state index in [1.165, 1.54) is 4.91 Å². The molecule has 0 spiro atoms. The summed E-state index contributed by atoms with van der Waals surface area (Å²) in [4.78, 5) is 14.7. The molecule has 0 saturated heterocycles. The monoisotopic (exact) mass is 228 g/mol. The van der Waals surface area contributed by atoms with E-state index in [1.54, 1.807) is 16.7 Å². The second-order valence-corrected chi connectivity index (χ2v) is 5.00. The number of rotatable bonds is 5. The minimum absolute atomic E-state index is 0.156. The predicted octanol–water partition coefficient (Wildman–Crippen LogP) is 2.64. The van der Waals surface area contributed by atoms with Crippen molar-refractivity contribution < 1.29 is 4.79 Å². The van der Waals surface area contributed by atoms with E-state index >= 15 is 0 Å². The molecule has 0 saturated carbocycles. The molecule has 0 bridgehead atoms. The molecule has 1 atom stereocenters. The van der Waals surface area contributed by atoms with Crippen molar-refractivity contribution in [3.63, 3.8) is 0 Å². The largest absolute Gasteiger partial charge is 0.302 e. The highest BCUT2D eigenvalue weighted by molar-refractivity contribution is 8.03. The molecule has 4 heteroatoms. The molecule has 0 aromatic heterocycles. The van der Waals surface area contributed by atoms with Crippen LogP contribution in [0.4, 0.5) is 0 Å². The molecule has 1 rings (SSSR count). The number of hydrogen-bond acceptors (Lipinski definition) is 3. The Labute approximate surface area is 96.1 Å². The minimum Gasteiger partial charge on any atom is -0.302 e. The topological polar surface area (TPSA) is 46.3 Å². The SMILES string of the molecule is CCCCC(=O)N1C=C(CCC)SC1N. The fraction of sp³-hybridized carbons (Fsp3) is 0.727. The van der Waals surface area contributed by atoms with E-state index < -0.39 is 0 Å². The fourth-order valence-electron chi connectivity index (χ4n) is 1.51. The van der Waals surface area contributed by atoms with E-state index in [-0.39, 0.29) is 11.4 Å². The van der Waals surface area contributed by atoms with Gasteiger partial charge in [0.2, 0.25) is 5.91 Å². The molecule has 0 aromatic rings. The number of carbonyl (C=O) groups excluding carboxylic acids is 1. The van der Waals surface area contributed by atoms with Crippen LogP contribution in [-0.2, 0) is 4.79 Å². The third-order valence-electron chi connectivity index (χ3n) is 2.36. The number of unbranched alkanes of at least 4 members (excludes halogenated alkanes) is 1. The maximum Gasteiger partial charge on any atom is 0.228 e. The Kier molecular flexibility index (Phi) is 5.19. The number of thioether (sulfide) groups is 1. The summed E-state index contributed by atoms with van der Waals surface area (Å²) >= 11 is 1.60. The van der Waals surface area contributed by atoms with Gasteiger partial charge in [-0.25, -0.2) is 0 Å². The number of amides is 1. The molecule has 3 nitrogen and oxygen atoms in total. The maximum absolute atomic E-state index is 11.8. The average Bonchev–Trinajstić information content (AvgIpc) is 2.57. The zero-order chi connectivity index (χ0) is 11.3. The highest BCUT2D eigenvalue weighted by Gasteiger charge is 2.25. The molecule has 86 valence electrons. The lowest BCUT2D eigenvalue weighted by molar-refractivity contribution is -0.129. The Morgan fingerprint density at radius 3 is 2.87 bits per heavy atom. The van der Waals surface area contributed by atoms with Gasteiger partial charge >= 0.3 is 0 Å².